The number of hydrogen-bond donors (Lipinski definition) is 1. The normalized spacial score (nSPS) is 17.3. The van der Waals surface area contributed by atoms with Crippen LogP contribution in [-0.2, 0) is 0 Å². The van der Waals surface area contributed by atoms with Gasteiger partial charge in [0, 0.05) is 11.3 Å². The molecule has 1 nitrogen and oxygen atoms in total. The minimum atomic E-state index is 0.241. The van der Waals surface area contributed by atoms with E-state index in [4.69, 9.17) is 5.73 Å². The summed E-state index contributed by atoms with van der Waals surface area (Å²) in [6, 6.07) is 14.5. The summed E-state index contributed by atoms with van der Waals surface area (Å²) in [5.74, 6) is 0. The average Bonchev–Trinajstić information content (AvgIpc) is 2.55. The van der Waals surface area contributed by atoms with E-state index in [1.165, 1.54) is 22.3 Å². The summed E-state index contributed by atoms with van der Waals surface area (Å²) in [4.78, 5) is 0.241. The number of nitrogens with two attached hydrogens (primary N) is 1. The van der Waals surface area contributed by atoms with Crippen molar-refractivity contribution in [1.82, 2.24) is 0 Å². The Labute approximate surface area is 97.1 Å². The first-order chi connectivity index (χ1) is 7.29. The molecule has 15 heavy (non-hydrogen) atoms. The third kappa shape index (κ3) is 1.15. The molecule has 1 aliphatic rings. The number of fused-ring (bicyclic) bond motifs is 3. The molecule has 0 bridgehead atoms. The summed E-state index contributed by atoms with van der Waals surface area (Å²) in [5.41, 5.74) is 11.9. The Bertz CT molecular complexity index is 534. The largest absolute Gasteiger partial charge is 0.398 e. The SMILES string of the molecule is Nc1cccc2c1[C@@H](Br)c1ccccc1-2. The van der Waals surface area contributed by atoms with E-state index in [0.717, 1.165) is 5.69 Å². The fraction of sp³-hybridized carbons (Fsp3) is 0.0769. The van der Waals surface area contributed by atoms with E-state index in [1.807, 2.05) is 12.1 Å². The summed E-state index contributed by atoms with van der Waals surface area (Å²) >= 11 is 3.71. The molecular weight excluding hydrogens is 250 g/mol. The maximum Gasteiger partial charge on any atom is 0.0676 e. The lowest BCUT2D eigenvalue weighted by Crippen LogP contribution is -1.93. The van der Waals surface area contributed by atoms with Crippen molar-refractivity contribution in [3.05, 3.63) is 53.6 Å². The maximum atomic E-state index is 6.01. The average molecular weight is 260 g/mol. The number of anilines is 1. The molecule has 0 aromatic heterocycles. The van der Waals surface area contributed by atoms with E-state index >= 15 is 0 Å². The molecule has 0 fully saturated rings. The molecule has 2 aromatic carbocycles. The van der Waals surface area contributed by atoms with Gasteiger partial charge in [-0.1, -0.05) is 52.3 Å². The van der Waals surface area contributed by atoms with Crippen LogP contribution in [0.15, 0.2) is 42.5 Å². The van der Waals surface area contributed by atoms with Gasteiger partial charge in [0.05, 0.1) is 4.83 Å². The van der Waals surface area contributed by atoms with Crippen molar-refractivity contribution in [2.24, 2.45) is 0 Å². The van der Waals surface area contributed by atoms with E-state index in [0.29, 0.717) is 0 Å². The van der Waals surface area contributed by atoms with E-state index in [2.05, 4.69) is 46.3 Å². The van der Waals surface area contributed by atoms with Gasteiger partial charge in [0.2, 0.25) is 0 Å². The third-order valence-corrected chi connectivity index (χ3v) is 3.87. The Balaban J connectivity index is 2.37. The number of hydrogen-bond acceptors (Lipinski definition) is 1. The summed E-state index contributed by atoms with van der Waals surface area (Å²) in [5, 5.41) is 0. The standard InChI is InChI=1S/C13H10BrN/c14-13-10-5-2-1-4-8(10)9-6-3-7-11(15)12(9)13/h1-7,13H,15H2/t13-/m0/s1. The Morgan fingerprint density at radius 2 is 1.67 bits per heavy atom. The van der Waals surface area contributed by atoms with Crippen LogP contribution in [0.4, 0.5) is 5.69 Å². The van der Waals surface area contributed by atoms with Gasteiger partial charge < -0.3 is 5.73 Å². The first kappa shape index (κ1) is 8.98. The zero-order chi connectivity index (χ0) is 10.4. The molecule has 2 N–H and O–H groups in total. The van der Waals surface area contributed by atoms with Crippen LogP contribution in [0.5, 0.6) is 0 Å². The van der Waals surface area contributed by atoms with E-state index in [9.17, 15) is 0 Å². The predicted octanol–water partition coefficient (Wildman–Crippen LogP) is 3.73. The quantitative estimate of drug-likeness (QED) is 0.566. The molecule has 0 saturated carbocycles. The van der Waals surface area contributed by atoms with Gasteiger partial charge >= 0.3 is 0 Å². The number of benzene rings is 2. The van der Waals surface area contributed by atoms with Crippen LogP contribution in [0.25, 0.3) is 11.1 Å². The Morgan fingerprint density at radius 3 is 2.53 bits per heavy atom. The van der Waals surface area contributed by atoms with Gasteiger partial charge in [-0.3, -0.25) is 0 Å². The highest BCUT2D eigenvalue weighted by molar-refractivity contribution is 9.09. The van der Waals surface area contributed by atoms with E-state index in [1.54, 1.807) is 0 Å². The number of rotatable bonds is 0. The maximum absolute atomic E-state index is 6.01. The highest BCUT2D eigenvalue weighted by atomic mass is 79.9. The highest BCUT2D eigenvalue weighted by Crippen LogP contribution is 2.49. The van der Waals surface area contributed by atoms with Crippen LogP contribution in [0, 0.1) is 0 Å². The van der Waals surface area contributed by atoms with Crippen molar-refractivity contribution in [2.45, 2.75) is 4.83 Å². The molecule has 2 heteroatoms. The summed E-state index contributed by atoms with van der Waals surface area (Å²) in [7, 11) is 0. The molecule has 0 unspecified atom stereocenters. The van der Waals surface area contributed by atoms with Crippen molar-refractivity contribution in [3.63, 3.8) is 0 Å². The zero-order valence-electron chi connectivity index (χ0n) is 8.07. The fourth-order valence-electron chi connectivity index (χ4n) is 2.22. The summed E-state index contributed by atoms with van der Waals surface area (Å²) in [6.45, 7) is 0. The lowest BCUT2D eigenvalue weighted by atomic mass is 10.1. The predicted molar refractivity (Wildman–Crippen MR) is 67.1 cm³/mol. The van der Waals surface area contributed by atoms with Crippen molar-refractivity contribution in [1.29, 1.82) is 0 Å². The molecule has 0 radical (unpaired) electrons. The first-order valence-corrected chi connectivity index (χ1v) is 5.82. The second kappa shape index (κ2) is 3.11. The molecule has 74 valence electrons. The molecule has 0 aliphatic heterocycles. The molecule has 0 saturated heterocycles. The van der Waals surface area contributed by atoms with E-state index in [-0.39, 0.29) is 4.83 Å². The van der Waals surface area contributed by atoms with E-state index < -0.39 is 0 Å². The summed E-state index contributed by atoms with van der Waals surface area (Å²) in [6.07, 6.45) is 0. The molecule has 1 aliphatic carbocycles. The summed E-state index contributed by atoms with van der Waals surface area (Å²) < 4.78 is 0. The molecular formula is C13H10BrN. The van der Waals surface area contributed by atoms with Crippen molar-refractivity contribution < 1.29 is 0 Å². The Morgan fingerprint density at radius 1 is 0.933 bits per heavy atom. The lowest BCUT2D eigenvalue weighted by Gasteiger charge is -2.06. The minimum Gasteiger partial charge on any atom is -0.398 e. The van der Waals surface area contributed by atoms with Crippen LogP contribution in [0.1, 0.15) is 16.0 Å². The van der Waals surface area contributed by atoms with Gasteiger partial charge in [-0.2, -0.15) is 0 Å². The topological polar surface area (TPSA) is 26.0 Å². The third-order valence-electron chi connectivity index (χ3n) is 2.92. The van der Waals surface area contributed by atoms with Gasteiger partial charge in [0.25, 0.3) is 0 Å². The van der Waals surface area contributed by atoms with Crippen molar-refractivity contribution >= 4 is 21.6 Å². The van der Waals surface area contributed by atoms with Crippen LogP contribution in [0.2, 0.25) is 0 Å². The van der Waals surface area contributed by atoms with Gasteiger partial charge in [-0.05, 0) is 22.8 Å². The van der Waals surface area contributed by atoms with Gasteiger partial charge in [0.15, 0.2) is 0 Å². The highest BCUT2D eigenvalue weighted by Gasteiger charge is 2.27. The van der Waals surface area contributed by atoms with Crippen molar-refractivity contribution in [2.75, 3.05) is 5.73 Å². The van der Waals surface area contributed by atoms with Crippen LogP contribution in [0.3, 0.4) is 0 Å². The minimum absolute atomic E-state index is 0.241. The monoisotopic (exact) mass is 259 g/mol. The van der Waals surface area contributed by atoms with Crippen LogP contribution in [-0.4, -0.2) is 0 Å². The molecule has 1 atom stereocenters. The Hall–Kier alpha value is -1.28. The first-order valence-electron chi connectivity index (χ1n) is 4.91. The van der Waals surface area contributed by atoms with Crippen LogP contribution >= 0.6 is 15.9 Å². The molecule has 0 amide bonds. The Kier molecular flexibility index (Phi) is 1.86. The molecule has 0 heterocycles. The molecule has 3 rings (SSSR count). The van der Waals surface area contributed by atoms with Gasteiger partial charge in [-0.25, -0.2) is 0 Å². The lowest BCUT2D eigenvalue weighted by molar-refractivity contribution is 1.25. The molecule has 2 aromatic rings. The number of halogens is 1. The van der Waals surface area contributed by atoms with Gasteiger partial charge in [0.1, 0.15) is 0 Å². The van der Waals surface area contributed by atoms with Crippen molar-refractivity contribution in [3.8, 4) is 11.1 Å². The fourth-order valence-corrected chi connectivity index (χ4v) is 3.13. The van der Waals surface area contributed by atoms with Gasteiger partial charge in [-0.15, -0.1) is 0 Å². The molecule has 0 spiro atoms. The second-order valence-corrected chi connectivity index (χ2v) is 4.67. The number of nitrogen functional groups attached to an aromatic ring is 1. The van der Waals surface area contributed by atoms with Crippen LogP contribution < -0.4 is 5.73 Å². The smallest absolute Gasteiger partial charge is 0.0676 e. The number of alkyl halides is 1. The second-order valence-electron chi connectivity index (χ2n) is 3.76. The zero-order valence-corrected chi connectivity index (χ0v) is 9.66.